The number of aromatic nitrogens is 1. The average Bonchev–Trinajstić information content (AvgIpc) is 2.90. The number of nitrogens with zero attached hydrogens (tertiary/aromatic N) is 2. The molecule has 0 spiro atoms. The van der Waals surface area contributed by atoms with E-state index in [1.54, 1.807) is 25.4 Å². The summed E-state index contributed by atoms with van der Waals surface area (Å²) in [4.78, 5) is 8.73. The van der Waals surface area contributed by atoms with Crippen molar-refractivity contribution in [2.75, 3.05) is 7.11 Å². The second-order valence-electron chi connectivity index (χ2n) is 6.00. The summed E-state index contributed by atoms with van der Waals surface area (Å²) >= 11 is 1.45. The summed E-state index contributed by atoms with van der Waals surface area (Å²) in [5.41, 5.74) is 1.80. The quantitative estimate of drug-likeness (QED) is 0.875. The maximum absolute atomic E-state index is 13.1. The fraction of sp³-hybridized carbons (Fsp3) is 0.333. The van der Waals surface area contributed by atoms with Crippen molar-refractivity contribution in [1.82, 2.24) is 10.3 Å². The first kappa shape index (κ1) is 17.7. The number of thioether (sulfide) groups is 1. The van der Waals surface area contributed by atoms with Crippen LogP contribution in [0.4, 0.5) is 4.39 Å². The van der Waals surface area contributed by atoms with Gasteiger partial charge in [-0.2, -0.15) is 0 Å². The Kier molecular flexibility index (Phi) is 4.96. The highest BCUT2D eigenvalue weighted by atomic mass is 32.2. The van der Waals surface area contributed by atoms with Crippen LogP contribution < -0.4 is 10.1 Å². The van der Waals surface area contributed by atoms with Crippen LogP contribution in [0, 0.1) is 5.82 Å². The van der Waals surface area contributed by atoms with Gasteiger partial charge in [0.2, 0.25) is 5.88 Å². The summed E-state index contributed by atoms with van der Waals surface area (Å²) < 4.78 is 17.6. The van der Waals surface area contributed by atoms with E-state index in [2.05, 4.69) is 15.3 Å². The van der Waals surface area contributed by atoms with Gasteiger partial charge in [-0.05, 0) is 43.2 Å². The molecule has 2 heterocycles. The van der Waals surface area contributed by atoms with Gasteiger partial charge in [0.15, 0.2) is 5.17 Å². The monoisotopic (exact) mass is 361 g/mol. The van der Waals surface area contributed by atoms with Gasteiger partial charge in [0.1, 0.15) is 12.0 Å². The molecular formula is C18H20FN3O2S. The van der Waals surface area contributed by atoms with E-state index in [-0.39, 0.29) is 11.9 Å². The maximum atomic E-state index is 13.1. The van der Waals surface area contributed by atoms with Crippen LogP contribution in [0.2, 0.25) is 0 Å². The van der Waals surface area contributed by atoms with Crippen molar-refractivity contribution >= 4 is 16.9 Å². The lowest BCUT2D eigenvalue weighted by atomic mass is 9.99. The molecule has 3 rings (SSSR count). The zero-order valence-corrected chi connectivity index (χ0v) is 15.0. The van der Waals surface area contributed by atoms with E-state index >= 15 is 0 Å². The number of hydrogen-bond donors (Lipinski definition) is 2. The third-order valence-electron chi connectivity index (χ3n) is 4.27. The Morgan fingerprint density at radius 3 is 2.76 bits per heavy atom. The SMILES string of the molecule is COc1cc([C@@]2(C)SC(=N[C@@H](C)c3ccc(F)cc3)NC2O)ccn1. The molecule has 0 aliphatic carbocycles. The van der Waals surface area contributed by atoms with Crippen molar-refractivity contribution in [3.8, 4) is 5.88 Å². The third-order valence-corrected chi connectivity index (χ3v) is 5.57. The number of nitrogens with one attached hydrogen (secondary N) is 1. The minimum absolute atomic E-state index is 0.155. The van der Waals surface area contributed by atoms with Gasteiger partial charge in [-0.3, -0.25) is 4.99 Å². The first-order valence-electron chi connectivity index (χ1n) is 7.90. The summed E-state index contributed by atoms with van der Waals surface area (Å²) in [5.74, 6) is 0.225. The zero-order valence-electron chi connectivity index (χ0n) is 14.2. The Hall–Kier alpha value is -2.12. The number of aliphatic imine (C=N–C) groups is 1. The molecular weight excluding hydrogens is 341 g/mol. The molecule has 25 heavy (non-hydrogen) atoms. The van der Waals surface area contributed by atoms with Crippen LogP contribution >= 0.6 is 11.8 Å². The van der Waals surface area contributed by atoms with E-state index in [9.17, 15) is 9.50 Å². The Bertz CT molecular complexity index is 784. The van der Waals surface area contributed by atoms with Gasteiger partial charge in [0.05, 0.1) is 17.9 Å². The summed E-state index contributed by atoms with van der Waals surface area (Å²) in [7, 11) is 1.56. The van der Waals surface area contributed by atoms with E-state index in [0.29, 0.717) is 11.0 Å². The number of ether oxygens (including phenoxy) is 1. The van der Waals surface area contributed by atoms with Crippen molar-refractivity contribution in [2.45, 2.75) is 30.9 Å². The summed E-state index contributed by atoms with van der Waals surface area (Å²) in [6, 6.07) is 9.78. The topological polar surface area (TPSA) is 66.7 Å². The molecule has 0 amide bonds. The van der Waals surface area contributed by atoms with Crippen LogP contribution in [-0.2, 0) is 4.75 Å². The van der Waals surface area contributed by atoms with Crippen LogP contribution in [0.5, 0.6) is 5.88 Å². The highest BCUT2D eigenvalue weighted by Gasteiger charge is 2.44. The van der Waals surface area contributed by atoms with E-state index in [1.807, 2.05) is 26.0 Å². The number of halogens is 1. The fourth-order valence-electron chi connectivity index (χ4n) is 2.64. The number of rotatable bonds is 4. The number of amidine groups is 1. The lowest BCUT2D eigenvalue weighted by molar-refractivity contribution is 0.127. The third kappa shape index (κ3) is 3.62. The smallest absolute Gasteiger partial charge is 0.213 e. The molecule has 7 heteroatoms. The van der Waals surface area contributed by atoms with Crippen LogP contribution in [-0.4, -0.2) is 28.6 Å². The van der Waals surface area contributed by atoms with Gasteiger partial charge < -0.3 is 15.2 Å². The average molecular weight is 361 g/mol. The number of benzene rings is 1. The second kappa shape index (κ2) is 7.01. The van der Waals surface area contributed by atoms with E-state index in [0.717, 1.165) is 11.1 Å². The summed E-state index contributed by atoms with van der Waals surface area (Å²) in [6.45, 7) is 3.87. The fourth-order valence-corrected chi connectivity index (χ4v) is 3.84. The molecule has 0 saturated carbocycles. The summed E-state index contributed by atoms with van der Waals surface area (Å²) in [6.07, 6.45) is 0.854. The molecule has 5 nitrogen and oxygen atoms in total. The molecule has 1 fully saturated rings. The highest BCUT2D eigenvalue weighted by molar-refractivity contribution is 8.15. The molecule has 1 unspecified atom stereocenters. The van der Waals surface area contributed by atoms with Crippen LogP contribution in [0.1, 0.15) is 31.0 Å². The molecule has 2 N–H and O–H groups in total. The minimum Gasteiger partial charge on any atom is -0.481 e. The van der Waals surface area contributed by atoms with E-state index in [1.165, 1.54) is 23.9 Å². The number of aliphatic hydroxyl groups is 1. The molecule has 1 aliphatic rings. The van der Waals surface area contributed by atoms with Crippen molar-refractivity contribution < 1.29 is 14.2 Å². The van der Waals surface area contributed by atoms with Gasteiger partial charge in [-0.25, -0.2) is 9.37 Å². The van der Waals surface area contributed by atoms with Crippen LogP contribution in [0.15, 0.2) is 47.6 Å². The molecule has 1 aromatic carbocycles. The molecule has 1 saturated heterocycles. The van der Waals surface area contributed by atoms with Crippen molar-refractivity contribution in [1.29, 1.82) is 0 Å². The van der Waals surface area contributed by atoms with Crippen molar-refractivity contribution in [2.24, 2.45) is 4.99 Å². The molecule has 2 aromatic rings. The Morgan fingerprint density at radius 2 is 2.08 bits per heavy atom. The van der Waals surface area contributed by atoms with Gasteiger partial charge in [0, 0.05) is 12.3 Å². The van der Waals surface area contributed by atoms with Crippen molar-refractivity contribution in [3.63, 3.8) is 0 Å². The Balaban J connectivity index is 1.83. The number of methoxy groups -OCH3 is 1. The zero-order chi connectivity index (χ0) is 18.0. The number of hydrogen-bond acceptors (Lipinski definition) is 5. The van der Waals surface area contributed by atoms with Gasteiger partial charge in [-0.15, -0.1) is 0 Å². The second-order valence-corrected chi connectivity index (χ2v) is 7.44. The predicted octanol–water partition coefficient (Wildman–Crippen LogP) is 3.22. The molecule has 132 valence electrons. The first-order chi connectivity index (χ1) is 11.9. The molecule has 0 radical (unpaired) electrons. The summed E-state index contributed by atoms with van der Waals surface area (Å²) in [5, 5.41) is 14.2. The standard InChI is InChI=1S/C18H20FN3O2S/c1-11(12-4-6-14(19)7-5-12)21-17-22-16(23)18(2,25-17)13-8-9-20-15(10-13)24-3/h4-11,16,23H,1-3H3,(H,21,22)/t11-,16?,18+/m0/s1. The molecule has 3 atom stereocenters. The number of pyridine rings is 1. The van der Waals surface area contributed by atoms with Crippen LogP contribution in [0.3, 0.4) is 0 Å². The Labute approximate surface area is 150 Å². The normalized spacial score (nSPS) is 25.6. The van der Waals surface area contributed by atoms with Gasteiger partial charge in [-0.1, -0.05) is 23.9 Å². The van der Waals surface area contributed by atoms with E-state index in [4.69, 9.17) is 4.74 Å². The molecule has 1 aromatic heterocycles. The van der Waals surface area contributed by atoms with Crippen molar-refractivity contribution in [3.05, 3.63) is 59.5 Å². The largest absolute Gasteiger partial charge is 0.481 e. The first-order valence-corrected chi connectivity index (χ1v) is 8.71. The lowest BCUT2D eigenvalue weighted by Crippen LogP contribution is -2.37. The highest BCUT2D eigenvalue weighted by Crippen LogP contribution is 2.44. The van der Waals surface area contributed by atoms with Gasteiger partial charge in [0.25, 0.3) is 0 Å². The minimum atomic E-state index is -0.802. The lowest BCUT2D eigenvalue weighted by Gasteiger charge is -2.25. The van der Waals surface area contributed by atoms with E-state index < -0.39 is 11.0 Å². The van der Waals surface area contributed by atoms with Gasteiger partial charge >= 0.3 is 0 Å². The predicted molar refractivity (Wildman–Crippen MR) is 97.1 cm³/mol. The maximum Gasteiger partial charge on any atom is 0.213 e. The molecule has 0 bridgehead atoms. The number of aliphatic hydroxyl groups excluding tert-OH is 1. The Morgan fingerprint density at radius 1 is 1.36 bits per heavy atom. The van der Waals surface area contributed by atoms with Crippen LogP contribution in [0.25, 0.3) is 0 Å². The molecule has 1 aliphatic heterocycles.